The van der Waals surface area contributed by atoms with Gasteiger partial charge >= 0.3 is 0 Å². The Bertz CT molecular complexity index is 792. The van der Waals surface area contributed by atoms with Gasteiger partial charge in [-0.1, -0.05) is 30.3 Å². The molecule has 0 saturated carbocycles. The maximum absolute atomic E-state index is 12.2. The fourth-order valence-electron chi connectivity index (χ4n) is 2.21. The first-order valence-electron chi connectivity index (χ1n) is 8.31. The molecule has 26 heavy (non-hydrogen) atoms. The minimum Gasteiger partial charge on any atom is -0.491 e. The van der Waals surface area contributed by atoms with Crippen LogP contribution in [-0.2, 0) is 4.79 Å². The minimum atomic E-state index is -0.0943. The van der Waals surface area contributed by atoms with E-state index in [0.717, 1.165) is 16.9 Å². The molecule has 5 nitrogen and oxygen atoms in total. The van der Waals surface area contributed by atoms with E-state index in [1.807, 2.05) is 49.4 Å². The van der Waals surface area contributed by atoms with Gasteiger partial charge in [0.15, 0.2) is 6.61 Å². The number of carbonyl (C=O) groups is 1. The molecule has 0 N–H and O–H groups in total. The second-order valence-corrected chi connectivity index (χ2v) is 5.72. The zero-order chi connectivity index (χ0) is 18.8. The van der Waals surface area contributed by atoms with Crippen LogP contribution in [0.2, 0.25) is 0 Å². The molecule has 0 aliphatic carbocycles. The van der Waals surface area contributed by atoms with Gasteiger partial charge in [-0.2, -0.15) is 5.26 Å². The van der Waals surface area contributed by atoms with Crippen molar-refractivity contribution in [1.82, 2.24) is 4.90 Å². The van der Waals surface area contributed by atoms with Crippen molar-refractivity contribution in [2.24, 2.45) is 0 Å². The van der Waals surface area contributed by atoms with Crippen molar-refractivity contribution >= 4 is 12.0 Å². The van der Waals surface area contributed by atoms with Gasteiger partial charge in [0, 0.05) is 13.1 Å². The number of nitriles is 1. The van der Waals surface area contributed by atoms with Crippen LogP contribution in [0, 0.1) is 18.3 Å². The molecule has 2 aromatic rings. The number of benzene rings is 2. The first-order chi connectivity index (χ1) is 12.6. The molecule has 0 aromatic heterocycles. The Kier molecular flexibility index (Phi) is 7.26. The molecule has 0 saturated heterocycles. The smallest absolute Gasteiger partial charge is 0.246 e. The second kappa shape index (κ2) is 9.90. The lowest BCUT2D eigenvalue weighted by atomic mass is 10.2. The van der Waals surface area contributed by atoms with E-state index in [9.17, 15) is 4.79 Å². The largest absolute Gasteiger partial charge is 0.491 e. The van der Waals surface area contributed by atoms with Gasteiger partial charge in [-0.3, -0.25) is 4.79 Å². The number of para-hydroxylation sites is 1. The normalized spacial score (nSPS) is 10.3. The number of hydrogen-bond acceptors (Lipinski definition) is 4. The molecule has 2 rings (SSSR count). The van der Waals surface area contributed by atoms with Gasteiger partial charge in [-0.05, 0) is 42.3 Å². The maximum atomic E-state index is 12.2. The third-order valence-corrected chi connectivity index (χ3v) is 3.76. The van der Waals surface area contributed by atoms with Crippen LogP contribution >= 0.6 is 0 Å². The molecule has 0 aliphatic heterocycles. The van der Waals surface area contributed by atoms with E-state index in [0.29, 0.717) is 18.9 Å². The van der Waals surface area contributed by atoms with E-state index >= 15 is 0 Å². The van der Waals surface area contributed by atoms with E-state index in [1.165, 1.54) is 6.08 Å². The average Bonchev–Trinajstić information content (AvgIpc) is 2.66. The summed E-state index contributed by atoms with van der Waals surface area (Å²) in [5, 5.41) is 8.48. The predicted molar refractivity (Wildman–Crippen MR) is 101 cm³/mol. The third-order valence-electron chi connectivity index (χ3n) is 3.76. The highest BCUT2D eigenvalue weighted by Gasteiger charge is 2.05. The molecule has 2 aromatic carbocycles. The van der Waals surface area contributed by atoms with Crippen LogP contribution < -0.4 is 9.47 Å². The second-order valence-electron chi connectivity index (χ2n) is 5.72. The van der Waals surface area contributed by atoms with Gasteiger partial charge in [-0.25, -0.2) is 0 Å². The highest BCUT2D eigenvalue weighted by atomic mass is 16.5. The lowest BCUT2D eigenvalue weighted by molar-refractivity contribution is -0.125. The molecule has 0 unspecified atom stereocenters. The van der Waals surface area contributed by atoms with Crippen LogP contribution in [0.25, 0.3) is 6.08 Å². The molecule has 0 atom stereocenters. The molecule has 1 amide bonds. The van der Waals surface area contributed by atoms with Crippen molar-refractivity contribution in [1.29, 1.82) is 5.26 Å². The topological polar surface area (TPSA) is 62.6 Å². The first-order valence-corrected chi connectivity index (χ1v) is 8.31. The Morgan fingerprint density at radius 2 is 1.88 bits per heavy atom. The number of likely N-dealkylation sites (N-methyl/N-ethyl adjacent to an activating group) is 1. The van der Waals surface area contributed by atoms with Crippen molar-refractivity contribution in [2.75, 3.05) is 26.8 Å². The van der Waals surface area contributed by atoms with Crippen molar-refractivity contribution in [3.8, 4) is 17.6 Å². The first kappa shape index (κ1) is 19.1. The Morgan fingerprint density at radius 3 is 2.58 bits per heavy atom. The summed E-state index contributed by atoms with van der Waals surface area (Å²) in [5.74, 6) is 1.37. The molecular formula is C21H22N2O3. The van der Waals surface area contributed by atoms with E-state index in [4.69, 9.17) is 14.7 Å². The molecule has 5 heteroatoms. The molecular weight excluding hydrogens is 328 g/mol. The lowest BCUT2D eigenvalue weighted by Gasteiger charge is -2.16. The molecule has 0 bridgehead atoms. The van der Waals surface area contributed by atoms with E-state index in [2.05, 4.69) is 0 Å². The Morgan fingerprint density at radius 1 is 1.15 bits per heavy atom. The van der Waals surface area contributed by atoms with Crippen LogP contribution in [0.15, 0.2) is 54.6 Å². The molecule has 0 fully saturated rings. The average molecular weight is 350 g/mol. The SMILES string of the molecule is Cc1ccccc1OCCN(C)C(=O)/C=C/c1ccc(OCC#N)cc1. The summed E-state index contributed by atoms with van der Waals surface area (Å²) in [6, 6.07) is 16.9. The Balaban J connectivity index is 1.80. The number of hydrogen-bond donors (Lipinski definition) is 0. The highest BCUT2D eigenvalue weighted by Crippen LogP contribution is 2.16. The maximum Gasteiger partial charge on any atom is 0.246 e. The van der Waals surface area contributed by atoms with Gasteiger partial charge in [0.25, 0.3) is 0 Å². The summed E-state index contributed by atoms with van der Waals surface area (Å²) in [4.78, 5) is 13.8. The van der Waals surface area contributed by atoms with Gasteiger partial charge < -0.3 is 14.4 Å². The van der Waals surface area contributed by atoms with Crippen LogP contribution in [0.5, 0.6) is 11.5 Å². The molecule has 0 spiro atoms. The van der Waals surface area contributed by atoms with Gasteiger partial charge in [0.05, 0.1) is 6.54 Å². The number of ether oxygens (including phenoxy) is 2. The zero-order valence-electron chi connectivity index (χ0n) is 15.0. The quantitative estimate of drug-likeness (QED) is 0.684. The third kappa shape index (κ3) is 5.99. The number of amides is 1. The van der Waals surface area contributed by atoms with Crippen molar-refractivity contribution in [2.45, 2.75) is 6.92 Å². The summed E-state index contributed by atoms with van der Waals surface area (Å²) in [6.45, 7) is 2.94. The van der Waals surface area contributed by atoms with Crippen LogP contribution in [0.3, 0.4) is 0 Å². The Labute approximate surface area is 154 Å². The van der Waals surface area contributed by atoms with Gasteiger partial charge in [-0.15, -0.1) is 0 Å². The van der Waals surface area contributed by atoms with Gasteiger partial charge in [0.1, 0.15) is 24.2 Å². The number of aryl methyl sites for hydroxylation is 1. The summed E-state index contributed by atoms with van der Waals surface area (Å²) in [7, 11) is 1.74. The number of carbonyl (C=O) groups excluding carboxylic acids is 1. The summed E-state index contributed by atoms with van der Waals surface area (Å²) < 4.78 is 10.9. The van der Waals surface area contributed by atoms with Crippen molar-refractivity contribution in [3.63, 3.8) is 0 Å². The van der Waals surface area contributed by atoms with Crippen LogP contribution in [0.4, 0.5) is 0 Å². The highest BCUT2D eigenvalue weighted by molar-refractivity contribution is 5.91. The molecule has 0 radical (unpaired) electrons. The molecule has 134 valence electrons. The van der Waals surface area contributed by atoms with Crippen LogP contribution in [-0.4, -0.2) is 37.6 Å². The van der Waals surface area contributed by atoms with Crippen molar-refractivity contribution < 1.29 is 14.3 Å². The van der Waals surface area contributed by atoms with Gasteiger partial charge in [0.2, 0.25) is 5.91 Å². The zero-order valence-corrected chi connectivity index (χ0v) is 15.0. The summed E-state index contributed by atoms with van der Waals surface area (Å²) >= 11 is 0. The minimum absolute atomic E-state index is 0.0169. The summed E-state index contributed by atoms with van der Waals surface area (Å²) in [5.41, 5.74) is 1.95. The number of nitrogens with zero attached hydrogens (tertiary/aromatic N) is 2. The van der Waals surface area contributed by atoms with E-state index < -0.39 is 0 Å². The fourth-order valence-corrected chi connectivity index (χ4v) is 2.21. The van der Waals surface area contributed by atoms with Crippen molar-refractivity contribution in [3.05, 3.63) is 65.7 Å². The lowest BCUT2D eigenvalue weighted by Crippen LogP contribution is -2.29. The predicted octanol–water partition coefficient (Wildman–Crippen LogP) is 3.45. The van der Waals surface area contributed by atoms with E-state index in [-0.39, 0.29) is 12.5 Å². The van der Waals surface area contributed by atoms with Crippen LogP contribution in [0.1, 0.15) is 11.1 Å². The molecule has 0 heterocycles. The molecule has 0 aliphatic rings. The Hall–Kier alpha value is -3.26. The summed E-state index contributed by atoms with van der Waals surface area (Å²) in [6.07, 6.45) is 3.27. The van der Waals surface area contributed by atoms with E-state index in [1.54, 1.807) is 30.2 Å². The fraction of sp³-hybridized carbons (Fsp3) is 0.238. The standard InChI is InChI=1S/C21H22N2O3/c1-17-5-3-4-6-20(17)26-16-14-23(2)21(24)12-9-18-7-10-19(11-8-18)25-15-13-22/h3-12H,14-16H2,1-2H3/b12-9+. The number of rotatable bonds is 8. The monoisotopic (exact) mass is 350 g/mol.